The number of nitrogens with zero attached hydrogens (tertiary/aromatic N) is 1. The predicted molar refractivity (Wildman–Crippen MR) is 83.7 cm³/mol. The van der Waals surface area contributed by atoms with Crippen molar-refractivity contribution in [2.75, 3.05) is 0 Å². The van der Waals surface area contributed by atoms with E-state index in [0.29, 0.717) is 0 Å². The SMILES string of the molecule is O=C(O)c1ccc2ccc3c4ccccc4ccc3c2n1. The molecular weight excluding hydrogens is 262 g/mol. The van der Waals surface area contributed by atoms with E-state index in [4.69, 9.17) is 5.11 Å². The van der Waals surface area contributed by atoms with E-state index >= 15 is 0 Å². The maximum Gasteiger partial charge on any atom is 0.354 e. The van der Waals surface area contributed by atoms with E-state index in [1.807, 2.05) is 30.3 Å². The zero-order chi connectivity index (χ0) is 14.4. The van der Waals surface area contributed by atoms with E-state index < -0.39 is 5.97 Å². The number of rotatable bonds is 1. The lowest BCUT2D eigenvalue weighted by Crippen LogP contribution is -1.99. The summed E-state index contributed by atoms with van der Waals surface area (Å²) in [5.74, 6) is -1.00. The van der Waals surface area contributed by atoms with E-state index in [2.05, 4.69) is 23.2 Å². The Hall–Kier alpha value is -2.94. The number of hydrogen-bond donors (Lipinski definition) is 1. The second kappa shape index (κ2) is 4.28. The van der Waals surface area contributed by atoms with Crippen molar-refractivity contribution in [3.05, 3.63) is 66.4 Å². The maximum absolute atomic E-state index is 11.1. The number of fused-ring (bicyclic) bond motifs is 5. The number of aromatic nitrogens is 1. The summed E-state index contributed by atoms with van der Waals surface area (Å²) >= 11 is 0. The molecule has 0 unspecified atom stereocenters. The maximum atomic E-state index is 11.1. The average Bonchev–Trinajstić information content (AvgIpc) is 2.53. The first-order chi connectivity index (χ1) is 10.2. The number of carbonyl (C=O) groups is 1. The van der Waals surface area contributed by atoms with E-state index in [1.165, 1.54) is 11.5 Å². The number of carboxylic acids is 1. The Morgan fingerprint density at radius 1 is 0.762 bits per heavy atom. The molecule has 0 amide bonds. The van der Waals surface area contributed by atoms with Crippen molar-refractivity contribution in [2.24, 2.45) is 0 Å². The van der Waals surface area contributed by atoms with E-state index in [1.54, 1.807) is 6.07 Å². The third-order valence-electron chi connectivity index (χ3n) is 3.80. The van der Waals surface area contributed by atoms with Crippen molar-refractivity contribution in [2.45, 2.75) is 0 Å². The standard InChI is InChI=1S/C18H11NO2/c20-18(21)16-10-7-12-6-8-14-13-4-2-1-3-11(13)5-9-15(14)17(12)19-16/h1-10H,(H,20,21). The molecule has 1 N–H and O–H groups in total. The molecule has 21 heavy (non-hydrogen) atoms. The zero-order valence-electron chi connectivity index (χ0n) is 11.1. The highest BCUT2D eigenvalue weighted by Crippen LogP contribution is 2.30. The summed E-state index contributed by atoms with van der Waals surface area (Å²) in [6.07, 6.45) is 0. The van der Waals surface area contributed by atoms with Gasteiger partial charge in [-0.2, -0.15) is 0 Å². The van der Waals surface area contributed by atoms with Gasteiger partial charge in [-0.15, -0.1) is 0 Å². The first-order valence-corrected chi connectivity index (χ1v) is 6.68. The van der Waals surface area contributed by atoms with Crippen LogP contribution in [0.2, 0.25) is 0 Å². The summed E-state index contributed by atoms with van der Waals surface area (Å²) in [5.41, 5.74) is 0.807. The van der Waals surface area contributed by atoms with E-state index in [0.717, 1.165) is 27.1 Å². The predicted octanol–water partition coefficient (Wildman–Crippen LogP) is 4.24. The average molecular weight is 273 g/mol. The summed E-state index contributed by atoms with van der Waals surface area (Å²) < 4.78 is 0. The monoisotopic (exact) mass is 273 g/mol. The Kier molecular flexibility index (Phi) is 2.42. The van der Waals surface area contributed by atoms with Gasteiger partial charge in [0.25, 0.3) is 0 Å². The fraction of sp³-hybridized carbons (Fsp3) is 0. The van der Waals surface area contributed by atoms with Crippen LogP contribution in [0.5, 0.6) is 0 Å². The first-order valence-electron chi connectivity index (χ1n) is 6.68. The van der Waals surface area contributed by atoms with Crippen LogP contribution in [0, 0.1) is 0 Å². The van der Waals surface area contributed by atoms with Gasteiger partial charge in [-0.1, -0.05) is 54.6 Å². The molecule has 3 aromatic carbocycles. The highest BCUT2D eigenvalue weighted by molar-refractivity contribution is 6.16. The largest absolute Gasteiger partial charge is 0.477 e. The van der Waals surface area contributed by atoms with Gasteiger partial charge in [-0.05, 0) is 22.2 Å². The molecular formula is C18H11NO2. The van der Waals surface area contributed by atoms with Crippen LogP contribution in [0.1, 0.15) is 10.5 Å². The molecule has 0 fully saturated rings. The summed E-state index contributed by atoms with van der Waals surface area (Å²) in [6.45, 7) is 0. The van der Waals surface area contributed by atoms with Gasteiger partial charge in [0.15, 0.2) is 0 Å². The van der Waals surface area contributed by atoms with Gasteiger partial charge < -0.3 is 5.11 Å². The minimum Gasteiger partial charge on any atom is -0.477 e. The summed E-state index contributed by atoms with van der Waals surface area (Å²) in [4.78, 5) is 15.4. The molecule has 0 atom stereocenters. The minimum atomic E-state index is -1.00. The van der Waals surface area contributed by atoms with Crippen molar-refractivity contribution in [1.82, 2.24) is 4.98 Å². The molecule has 1 aromatic heterocycles. The van der Waals surface area contributed by atoms with Crippen LogP contribution in [0.15, 0.2) is 60.7 Å². The van der Waals surface area contributed by atoms with E-state index in [9.17, 15) is 4.79 Å². The molecule has 0 saturated heterocycles. The molecule has 1 heterocycles. The lowest BCUT2D eigenvalue weighted by molar-refractivity contribution is 0.0691. The van der Waals surface area contributed by atoms with Gasteiger partial charge in [0.1, 0.15) is 5.69 Å². The van der Waals surface area contributed by atoms with Crippen molar-refractivity contribution in [3.63, 3.8) is 0 Å². The van der Waals surface area contributed by atoms with E-state index in [-0.39, 0.29) is 5.69 Å². The fourth-order valence-electron chi connectivity index (χ4n) is 2.79. The summed E-state index contributed by atoms with van der Waals surface area (Å²) in [5, 5.41) is 14.5. The van der Waals surface area contributed by atoms with Crippen LogP contribution in [0.25, 0.3) is 32.4 Å². The minimum absolute atomic E-state index is 0.0724. The second-order valence-corrected chi connectivity index (χ2v) is 5.02. The fourth-order valence-corrected chi connectivity index (χ4v) is 2.79. The van der Waals surface area contributed by atoms with Crippen LogP contribution >= 0.6 is 0 Å². The Bertz CT molecular complexity index is 1020. The smallest absolute Gasteiger partial charge is 0.354 e. The highest BCUT2D eigenvalue weighted by atomic mass is 16.4. The molecule has 3 heteroatoms. The summed E-state index contributed by atoms with van der Waals surface area (Å²) in [7, 11) is 0. The lowest BCUT2D eigenvalue weighted by Gasteiger charge is -2.07. The van der Waals surface area contributed by atoms with Crippen molar-refractivity contribution < 1.29 is 9.90 Å². The van der Waals surface area contributed by atoms with Crippen LogP contribution < -0.4 is 0 Å². The van der Waals surface area contributed by atoms with Crippen LogP contribution in [-0.4, -0.2) is 16.1 Å². The van der Waals surface area contributed by atoms with Gasteiger partial charge >= 0.3 is 5.97 Å². The molecule has 0 saturated carbocycles. The van der Waals surface area contributed by atoms with Gasteiger partial charge in [0.05, 0.1) is 5.52 Å². The molecule has 0 radical (unpaired) electrons. The third kappa shape index (κ3) is 1.75. The Labute approximate surface area is 120 Å². The zero-order valence-corrected chi connectivity index (χ0v) is 11.1. The molecule has 0 aliphatic rings. The topological polar surface area (TPSA) is 50.2 Å². The molecule has 3 nitrogen and oxygen atoms in total. The van der Waals surface area contributed by atoms with Gasteiger partial charge in [0.2, 0.25) is 0 Å². The molecule has 4 aromatic rings. The highest BCUT2D eigenvalue weighted by Gasteiger charge is 2.09. The number of hydrogen-bond acceptors (Lipinski definition) is 2. The molecule has 0 bridgehead atoms. The third-order valence-corrected chi connectivity index (χ3v) is 3.80. The Morgan fingerprint density at radius 3 is 2.33 bits per heavy atom. The molecule has 0 spiro atoms. The van der Waals surface area contributed by atoms with Crippen molar-refractivity contribution in [3.8, 4) is 0 Å². The second-order valence-electron chi connectivity index (χ2n) is 5.02. The Morgan fingerprint density at radius 2 is 1.48 bits per heavy atom. The summed E-state index contributed by atoms with van der Waals surface area (Å²) in [6, 6.07) is 19.6. The quantitative estimate of drug-likeness (QED) is 0.528. The normalized spacial score (nSPS) is 11.2. The number of carboxylic acid groups (broad SMARTS) is 1. The molecule has 0 aliphatic heterocycles. The molecule has 4 rings (SSSR count). The van der Waals surface area contributed by atoms with Gasteiger partial charge in [-0.25, -0.2) is 9.78 Å². The number of pyridine rings is 1. The van der Waals surface area contributed by atoms with Crippen molar-refractivity contribution >= 4 is 38.4 Å². The van der Waals surface area contributed by atoms with Gasteiger partial charge in [-0.3, -0.25) is 0 Å². The number of aromatic carboxylic acids is 1. The molecule has 100 valence electrons. The lowest BCUT2D eigenvalue weighted by atomic mass is 9.99. The van der Waals surface area contributed by atoms with Crippen molar-refractivity contribution in [1.29, 1.82) is 0 Å². The number of benzene rings is 3. The van der Waals surface area contributed by atoms with Gasteiger partial charge in [0, 0.05) is 10.8 Å². The van der Waals surface area contributed by atoms with Crippen LogP contribution in [0.3, 0.4) is 0 Å². The van der Waals surface area contributed by atoms with Crippen LogP contribution in [0.4, 0.5) is 0 Å². The Balaban J connectivity index is 2.20. The van der Waals surface area contributed by atoms with Crippen LogP contribution in [-0.2, 0) is 0 Å². The first kappa shape index (κ1) is 11.9. The molecule has 0 aliphatic carbocycles.